The van der Waals surface area contributed by atoms with Crippen molar-refractivity contribution in [2.45, 2.75) is 38.1 Å². The number of carbonyl (C=O) groups is 1. The zero-order valence-corrected chi connectivity index (χ0v) is 17.9. The zero-order chi connectivity index (χ0) is 22.7. The Kier molecular flexibility index (Phi) is 6.62. The molecule has 2 aromatic rings. The number of hydrogen-bond acceptors (Lipinski definition) is 5. The number of aromatic carboxylic acids is 1. The lowest BCUT2D eigenvalue weighted by Crippen LogP contribution is -2.47. The summed E-state index contributed by atoms with van der Waals surface area (Å²) in [5.41, 5.74) is 8.40. The molecule has 2 heterocycles. The van der Waals surface area contributed by atoms with Crippen molar-refractivity contribution in [3.63, 3.8) is 0 Å². The number of anilines is 1. The van der Waals surface area contributed by atoms with E-state index < -0.39 is 17.2 Å². The molecule has 1 aromatic carbocycles. The fourth-order valence-electron chi connectivity index (χ4n) is 4.36. The highest BCUT2D eigenvalue weighted by Gasteiger charge is 2.28. The number of benzene rings is 1. The molecule has 2 aliphatic rings. The van der Waals surface area contributed by atoms with Crippen molar-refractivity contribution in [3.8, 4) is 0 Å². The van der Waals surface area contributed by atoms with Crippen LogP contribution < -0.4 is 10.3 Å². The fourth-order valence-corrected chi connectivity index (χ4v) is 4.36. The Labute approximate surface area is 184 Å². The van der Waals surface area contributed by atoms with E-state index >= 15 is 4.39 Å². The number of carboxylic acids is 1. The monoisotopic (exact) mass is 442 g/mol. The van der Waals surface area contributed by atoms with Crippen LogP contribution >= 0.6 is 0 Å². The minimum absolute atomic E-state index is 0.123. The maximum Gasteiger partial charge on any atom is 0.341 e. The molecular formula is C22H27FN6O3. The van der Waals surface area contributed by atoms with E-state index in [4.69, 9.17) is 5.53 Å². The minimum atomic E-state index is -1.29. The summed E-state index contributed by atoms with van der Waals surface area (Å²) in [7, 11) is 0. The number of piperazine rings is 1. The maximum atomic E-state index is 15.0. The molecule has 4 rings (SSSR count). The molecule has 1 aromatic heterocycles. The Morgan fingerprint density at radius 3 is 2.59 bits per heavy atom. The molecule has 32 heavy (non-hydrogen) atoms. The first-order valence-electron chi connectivity index (χ1n) is 11.1. The number of azide groups is 1. The molecule has 1 saturated heterocycles. The number of carboxylic acid groups (broad SMARTS) is 1. The van der Waals surface area contributed by atoms with Gasteiger partial charge in [0.05, 0.1) is 11.2 Å². The summed E-state index contributed by atoms with van der Waals surface area (Å²) in [5.74, 6) is -1.78. The zero-order valence-electron chi connectivity index (χ0n) is 17.9. The van der Waals surface area contributed by atoms with E-state index in [1.54, 1.807) is 6.07 Å². The van der Waals surface area contributed by atoms with Gasteiger partial charge in [0.25, 0.3) is 0 Å². The number of rotatable bonds is 9. The number of aromatic nitrogens is 1. The lowest BCUT2D eigenvalue weighted by Gasteiger charge is -2.36. The number of hydrogen-bond donors (Lipinski definition) is 1. The molecule has 170 valence electrons. The summed E-state index contributed by atoms with van der Waals surface area (Å²) in [6.45, 7) is 4.50. The van der Waals surface area contributed by atoms with Crippen molar-refractivity contribution < 1.29 is 14.3 Å². The van der Waals surface area contributed by atoms with Gasteiger partial charge in [0.1, 0.15) is 11.4 Å². The number of halogens is 1. The van der Waals surface area contributed by atoms with Gasteiger partial charge >= 0.3 is 5.97 Å². The van der Waals surface area contributed by atoms with Gasteiger partial charge in [0.2, 0.25) is 5.43 Å². The van der Waals surface area contributed by atoms with Crippen LogP contribution in [0.5, 0.6) is 0 Å². The van der Waals surface area contributed by atoms with Crippen LogP contribution in [0.25, 0.3) is 21.3 Å². The predicted molar refractivity (Wildman–Crippen MR) is 120 cm³/mol. The highest BCUT2D eigenvalue weighted by Crippen LogP contribution is 2.38. The largest absolute Gasteiger partial charge is 0.477 e. The fraction of sp³-hybridized carbons (Fsp3) is 0.545. The normalized spacial score (nSPS) is 16.8. The van der Waals surface area contributed by atoms with E-state index in [1.807, 2.05) is 9.47 Å². The van der Waals surface area contributed by atoms with Crippen molar-refractivity contribution in [1.82, 2.24) is 9.47 Å². The van der Waals surface area contributed by atoms with Crippen LogP contribution in [0.2, 0.25) is 0 Å². The van der Waals surface area contributed by atoms with Gasteiger partial charge < -0.3 is 14.6 Å². The van der Waals surface area contributed by atoms with Crippen molar-refractivity contribution in [1.29, 1.82) is 0 Å². The van der Waals surface area contributed by atoms with Crippen molar-refractivity contribution in [2.75, 3.05) is 44.2 Å². The number of nitrogens with zero attached hydrogens (tertiary/aromatic N) is 6. The lowest BCUT2D eigenvalue weighted by molar-refractivity contribution is 0.0695. The molecule has 0 amide bonds. The van der Waals surface area contributed by atoms with Gasteiger partial charge in [0, 0.05) is 55.3 Å². The van der Waals surface area contributed by atoms with Crippen LogP contribution in [0, 0.1) is 5.82 Å². The molecule has 0 atom stereocenters. The van der Waals surface area contributed by atoms with Crippen LogP contribution in [-0.4, -0.2) is 59.8 Å². The van der Waals surface area contributed by atoms with Gasteiger partial charge in [-0.1, -0.05) is 11.5 Å². The second-order valence-electron chi connectivity index (χ2n) is 8.48. The highest BCUT2D eigenvalue weighted by atomic mass is 19.1. The molecule has 0 radical (unpaired) electrons. The standard InChI is InChI=1S/C22H27FN6O3/c23-18-12-16-19(29(15-4-5-15)14-17(21(16)30)22(31)32)13-20(18)28-10-8-27(9-11-28)7-3-1-2-6-25-26-24/h12-15H,1-11H2,(H,31,32). The first-order valence-corrected chi connectivity index (χ1v) is 11.1. The van der Waals surface area contributed by atoms with E-state index in [-0.39, 0.29) is 17.0 Å². The Morgan fingerprint density at radius 1 is 1.19 bits per heavy atom. The number of pyridine rings is 1. The summed E-state index contributed by atoms with van der Waals surface area (Å²) in [5, 5.41) is 13.0. The molecule has 1 aliphatic carbocycles. The van der Waals surface area contributed by atoms with Crippen LogP contribution in [0.1, 0.15) is 48.5 Å². The average molecular weight is 442 g/mol. The molecular weight excluding hydrogens is 415 g/mol. The molecule has 10 heteroatoms. The summed E-state index contributed by atoms with van der Waals surface area (Å²) < 4.78 is 16.9. The molecule has 0 unspecified atom stereocenters. The van der Waals surface area contributed by atoms with Gasteiger partial charge in [-0.15, -0.1) is 0 Å². The number of unbranched alkanes of at least 4 members (excludes halogenated alkanes) is 2. The third-order valence-electron chi connectivity index (χ3n) is 6.28. The van der Waals surface area contributed by atoms with Crippen molar-refractivity contribution in [2.24, 2.45) is 5.11 Å². The minimum Gasteiger partial charge on any atom is -0.477 e. The topological polar surface area (TPSA) is 115 Å². The molecule has 0 spiro atoms. The van der Waals surface area contributed by atoms with Crippen molar-refractivity contribution in [3.05, 3.63) is 50.4 Å². The van der Waals surface area contributed by atoms with Crippen molar-refractivity contribution >= 4 is 22.6 Å². The number of fused-ring (bicyclic) bond motifs is 1. The van der Waals surface area contributed by atoms with E-state index in [0.29, 0.717) is 30.8 Å². The van der Waals surface area contributed by atoms with Gasteiger partial charge in [-0.25, -0.2) is 9.18 Å². The Balaban J connectivity index is 1.48. The van der Waals surface area contributed by atoms with Crippen LogP contribution in [0.4, 0.5) is 10.1 Å². The van der Waals surface area contributed by atoms with Gasteiger partial charge in [-0.3, -0.25) is 9.69 Å². The Hall–Kier alpha value is -3.10. The second kappa shape index (κ2) is 9.58. The summed E-state index contributed by atoms with van der Waals surface area (Å²) >= 11 is 0. The highest BCUT2D eigenvalue weighted by molar-refractivity contribution is 5.93. The molecule has 1 saturated carbocycles. The first kappa shape index (κ1) is 22.1. The molecule has 0 bridgehead atoms. The summed E-state index contributed by atoms with van der Waals surface area (Å²) in [6, 6.07) is 3.07. The lowest BCUT2D eigenvalue weighted by atomic mass is 10.1. The third-order valence-corrected chi connectivity index (χ3v) is 6.28. The van der Waals surface area contributed by atoms with Crippen LogP contribution in [0.15, 0.2) is 28.2 Å². The Bertz CT molecular complexity index is 1110. The smallest absolute Gasteiger partial charge is 0.341 e. The molecule has 2 fully saturated rings. The molecule has 1 aliphatic heterocycles. The van der Waals surface area contributed by atoms with Gasteiger partial charge in [0.15, 0.2) is 0 Å². The third kappa shape index (κ3) is 4.71. The summed E-state index contributed by atoms with van der Waals surface area (Å²) in [4.78, 5) is 31.2. The first-order chi connectivity index (χ1) is 15.5. The van der Waals surface area contributed by atoms with E-state index in [1.165, 1.54) is 12.3 Å². The van der Waals surface area contributed by atoms with E-state index in [9.17, 15) is 14.7 Å². The average Bonchev–Trinajstić information content (AvgIpc) is 3.62. The molecule has 1 N–H and O–H groups in total. The predicted octanol–water partition coefficient (Wildman–Crippen LogP) is 3.78. The van der Waals surface area contributed by atoms with Crippen LogP contribution in [0.3, 0.4) is 0 Å². The molecule has 9 nitrogen and oxygen atoms in total. The SMILES string of the molecule is [N-]=[N+]=NCCCCCN1CCN(c2cc3c(cc2F)c(=O)c(C(=O)O)cn3C2CC2)CC1. The van der Waals surface area contributed by atoms with Crippen LogP contribution in [-0.2, 0) is 0 Å². The Morgan fingerprint density at radius 2 is 1.94 bits per heavy atom. The summed E-state index contributed by atoms with van der Waals surface area (Å²) in [6.07, 6.45) is 6.18. The van der Waals surface area contributed by atoms with E-state index in [0.717, 1.165) is 51.7 Å². The second-order valence-corrected chi connectivity index (χ2v) is 8.48. The quantitative estimate of drug-likeness (QED) is 0.275. The van der Waals surface area contributed by atoms with Gasteiger partial charge in [-0.2, -0.15) is 0 Å². The van der Waals surface area contributed by atoms with Gasteiger partial charge in [-0.05, 0) is 49.9 Å². The maximum absolute atomic E-state index is 15.0. The van der Waals surface area contributed by atoms with E-state index in [2.05, 4.69) is 14.9 Å².